The molecule has 0 fully saturated rings. The van der Waals surface area contributed by atoms with E-state index in [-0.39, 0.29) is 5.91 Å². The fourth-order valence-electron chi connectivity index (χ4n) is 3.20. The standard InChI is InChI=1S/C21H25N3O/c1-14(2)13-24-16(4)19(15(3)23-24)12-21(25)22-20-11-7-9-17-8-5-6-10-18(17)20/h5-11,14H,12-13H2,1-4H3,(H,22,25). The molecule has 0 radical (unpaired) electrons. The Morgan fingerprint density at radius 1 is 1.12 bits per heavy atom. The Labute approximate surface area is 148 Å². The van der Waals surface area contributed by atoms with Gasteiger partial charge in [0, 0.05) is 28.9 Å². The zero-order valence-corrected chi connectivity index (χ0v) is 15.3. The van der Waals surface area contributed by atoms with Gasteiger partial charge in [0.2, 0.25) is 5.91 Å². The summed E-state index contributed by atoms with van der Waals surface area (Å²) in [4.78, 5) is 12.6. The summed E-state index contributed by atoms with van der Waals surface area (Å²) in [5.74, 6) is 0.516. The van der Waals surface area contributed by atoms with Gasteiger partial charge in [-0.25, -0.2) is 0 Å². The molecular formula is C21H25N3O. The lowest BCUT2D eigenvalue weighted by molar-refractivity contribution is -0.115. The molecule has 0 aliphatic heterocycles. The average Bonchev–Trinajstić information content (AvgIpc) is 2.82. The Kier molecular flexibility index (Phi) is 4.88. The summed E-state index contributed by atoms with van der Waals surface area (Å²) in [6.45, 7) is 9.23. The summed E-state index contributed by atoms with van der Waals surface area (Å²) in [6, 6.07) is 14.0. The van der Waals surface area contributed by atoms with Crippen LogP contribution in [0.4, 0.5) is 5.69 Å². The van der Waals surface area contributed by atoms with E-state index >= 15 is 0 Å². The van der Waals surface area contributed by atoms with Gasteiger partial charge in [0.25, 0.3) is 0 Å². The van der Waals surface area contributed by atoms with Crippen LogP contribution in [0.2, 0.25) is 0 Å². The van der Waals surface area contributed by atoms with Crippen LogP contribution in [0.15, 0.2) is 42.5 Å². The number of hydrogen-bond acceptors (Lipinski definition) is 2. The molecule has 0 aliphatic rings. The maximum absolute atomic E-state index is 12.6. The van der Waals surface area contributed by atoms with E-state index < -0.39 is 0 Å². The van der Waals surface area contributed by atoms with E-state index in [4.69, 9.17) is 0 Å². The van der Waals surface area contributed by atoms with Gasteiger partial charge in [-0.05, 0) is 31.2 Å². The summed E-state index contributed by atoms with van der Waals surface area (Å²) in [5, 5.41) is 9.84. The number of nitrogens with zero attached hydrogens (tertiary/aromatic N) is 2. The van der Waals surface area contributed by atoms with Crippen molar-refractivity contribution < 1.29 is 4.79 Å². The maximum Gasteiger partial charge on any atom is 0.228 e. The van der Waals surface area contributed by atoms with Gasteiger partial charge in [-0.3, -0.25) is 9.48 Å². The van der Waals surface area contributed by atoms with E-state index in [1.54, 1.807) is 0 Å². The first-order chi connectivity index (χ1) is 12.0. The number of nitrogens with one attached hydrogen (secondary N) is 1. The van der Waals surface area contributed by atoms with Crippen LogP contribution >= 0.6 is 0 Å². The van der Waals surface area contributed by atoms with Crippen molar-refractivity contribution in [1.29, 1.82) is 0 Å². The Morgan fingerprint density at radius 3 is 2.60 bits per heavy atom. The molecule has 1 amide bonds. The molecule has 3 rings (SSSR count). The number of rotatable bonds is 5. The predicted octanol–water partition coefficient (Wildman–Crippen LogP) is 4.49. The van der Waals surface area contributed by atoms with Gasteiger partial charge in [-0.2, -0.15) is 5.10 Å². The Bertz CT molecular complexity index is 903. The second-order valence-electron chi connectivity index (χ2n) is 6.98. The second kappa shape index (κ2) is 7.09. The van der Waals surface area contributed by atoms with Gasteiger partial charge in [0.05, 0.1) is 12.1 Å². The van der Waals surface area contributed by atoms with E-state index in [0.717, 1.165) is 40.0 Å². The third kappa shape index (κ3) is 3.73. The first kappa shape index (κ1) is 17.2. The largest absolute Gasteiger partial charge is 0.325 e. The second-order valence-corrected chi connectivity index (χ2v) is 6.98. The molecule has 1 aromatic heterocycles. The van der Waals surface area contributed by atoms with Crippen LogP contribution in [-0.4, -0.2) is 15.7 Å². The minimum absolute atomic E-state index is 0.00773. The molecule has 3 aromatic rings. The summed E-state index contributed by atoms with van der Waals surface area (Å²) in [7, 11) is 0. The average molecular weight is 335 g/mol. The number of benzene rings is 2. The van der Waals surface area contributed by atoms with Gasteiger partial charge >= 0.3 is 0 Å². The summed E-state index contributed by atoms with van der Waals surface area (Å²) < 4.78 is 2.01. The highest BCUT2D eigenvalue weighted by molar-refractivity contribution is 6.02. The van der Waals surface area contributed by atoms with Crippen LogP contribution in [-0.2, 0) is 17.8 Å². The molecule has 1 N–H and O–H groups in total. The molecular weight excluding hydrogens is 310 g/mol. The highest BCUT2D eigenvalue weighted by Crippen LogP contribution is 2.23. The zero-order chi connectivity index (χ0) is 18.0. The molecule has 4 nitrogen and oxygen atoms in total. The molecule has 1 heterocycles. The number of carbonyl (C=O) groups excluding carboxylic acids is 1. The van der Waals surface area contributed by atoms with Gasteiger partial charge in [0.15, 0.2) is 0 Å². The van der Waals surface area contributed by atoms with Crippen molar-refractivity contribution in [1.82, 2.24) is 9.78 Å². The summed E-state index contributed by atoms with van der Waals surface area (Å²) >= 11 is 0. The lowest BCUT2D eigenvalue weighted by Crippen LogP contribution is -2.16. The molecule has 130 valence electrons. The topological polar surface area (TPSA) is 46.9 Å². The van der Waals surface area contributed by atoms with Crippen molar-refractivity contribution in [2.45, 2.75) is 40.7 Å². The van der Waals surface area contributed by atoms with Crippen LogP contribution in [0.5, 0.6) is 0 Å². The number of carbonyl (C=O) groups is 1. The van der Waals surface area contributed by atoms with Crippen molar-refractivity contribution in [3.63, 3.8) is 0 Å². The van der Waals surface area contributed by atoms with Crippen molar-refractivity contribution in [2.75, 3.05) is 5.32 Å². The number of fused-ring (bicyclic) bond motifs is 1. The number of amides is 1. The Hall–Kier alpha value is -2.62. The van der Waals surface area contributed by atoms with Crippen LogP contribution < -0.4 is 5.32 Å². The molecule has 0 saturated carbocycles. The molecule has 0 spiro atoms. The van der Waals surface area contributed by atoms with Crippen molar-refractivity contribution >= 4 is 22.4 Å². The van der Waals surface area contributed by atoms with E-state index in [2.05, 4.69) is 36.4 Å². The maximum atomic E-state index is 12.6. The fraction of sp³-hybridized carbons (Fsp3) is 0.333. The smallest absolute Gasteiger partial charge is 0.228 e. The molecule has 4 heteroatoms. The summed E-state index contributed by atoms with van der Waals surface area (Å²) in [6.07, 6.45) is 0.346. The minimum atomic E-state index is -0.00773. The van der Waals surface area contributed by atoms with Gasteiger partial charge in [-0.15, -0.1) is 0 Å². The predicted molar refractivity (Wildman–Crippen MR) is 103 cm³/mol. The number of aryl methyl sites for hydroxylation is 1. The highest BCUT2D eigenvalue weighted by atomic mass is 16.1. The normalized spacial score (nSPS) is 11.2. The SMILES string of the molecule is Cc1nn(CC(C)C)c(C)c1CC(=O)Nc1cccc2ccccc12. The number of aromatic nitrogens is 2. The highest BCUT2D eigenvalue weighted by Gasteiger charge is 2.16. The first-order valence-corrected chi connectivity index (χ1v) is 8.76. The van der Waals surface area contributed by atoms with Crippen molar-refractivity contribution in [3.05, 3.63) is 59.4 Å². The lowest BCUT2D eigenvalue weighted by Gasteiger charge is -2.10. The zero-order valence-electron chi connectivity index (χ0n) is 15.3. The van der Waals surface area contributed by atoms with Crippen molar-refractivity contribution in [3.8, 4) is 0 Å². The van der Waals surface area contributed by atoms with E-state index in [9.17, 15) is 4.79 Å². The van der Waals surface area contributed by atoms with Gasteiger partial charge in [-0.1, -0.05) is 50.2 Å². The van der Waals surface area contributed by atoms with Crippen LogP contribution in [0.3, 0.4) is 0 Å². The molecule has 0 aliphatic carbocycles. The van der Waals surface area contributed by atoms with Crippen molar-refractivity contribution in [2.24, 2.45) is 5.92 Å². The van der Waals surface area contributed by atoms with E-state index in [1.165, 1.54) is 0 Å². The lowest BCUT2D eigenvalue weighted by atomic mass is 10.1. The van der Waals surface area contributed by atoms with E-state index in [1.807, 2.05) is 48.9 Å². The summed E-state index contributed by atoms with van der Waals surface area (Å²) in [5.41, 5.74) is 3.90. The molecule has 0 saturated heterocycles. The monoisotopic (exact) mass is 335 g/mol. The third-order valence-corrected chi connectivity index (χ3v) is 4.47. The van der Waals surface area contributed by atoms with Crippen LogP contribution in [0.25, 0.3) is 10.8 Å². The molecule has 25 heavy (non-hydrogen) atoms. The van der Waals surface area contributed by atoms with Crippen LogP contribution in [0, 0.1) is 19.8 Å². The molecule has 0 atom stereocenters. The van der Waals surface area contributed by atoms with E-state index in [0.29, 0.717) is 12.3 Å². The first-order valence-electron chi connectivity index (χ1n) is 8.76. The molecule has 0 unspecified atom stereocenters. The van der Waals surface area contributed by atoms with Gasteiger partial charge < -0.3 is 5.32 Å². The Balaban J connectivity index is 1.80. The fourth-order valence-corrected chi connectivity index (χ4v) is 3.20. The quantitative estimate of drug-likeness (QED) is 0.747. The molecule has 0 bridgehead atoms. The number of anilines is 1. The number of hydrogen-bond donors (Lipinski definition) is 1. The minimum Gasteiger partial charge on any atom is -0.325 e. The third-order valence-electron chi connectivity index (χ3n) is 4.47. The van der Waals surface area contributed by atoms with Crippen LogP contribution in [0.1, 0.15) is 30.8 Å². The Morgan fingerprint density at radius 2 is 1.84 bits per heavy atom. The molecule has 2 aromatic carbocycles. The van der Waals surface area contributed by atoms with Gasteiger partial charge in [0.1, 0.15) is 0 Å².